The second kappa shape index (κ2) is 6.51. The SMILES string of the molecule is COC(=O)C1(CN)CC2CN(C(=O)c3ccc(C4(C(F)(F)F)N=N4)cc3)CC2C1. The number of ether oxygens (including phenoxy) is 1. The van der Waals surface area contributed by atoms with Gasteiger partial charge in [0.15, 0.2) is 0 Å². The Hall–Kier alpha value is -2.49. The van der Waals surface area contributed by atoms with Crippen molar-refractivity contribution in [1.82, 2.24) is 4.90 Å². The molecule has 1 aromatic carbocycles. The maximum absolute atomic E-state index is 13.1. The summed E-state index contributed by atoms with van der Waals surface area (Å²) in [5.41, 5.74) is 2.87. The summed E-state index contributed by atoms with van der Waals surface area (Å²) < 4.78 is 44.2. The van der Waals surface area contributed by atoms with Gasteiger partial charge in [0.1, 0.15) is 0 Å². The van der Waals surface area contributed by atoms with E-state index in [1.54, 1.807) is 4.90 Å². The van der Waals surface area contributed by atoms with Gasteiger partial charge in [0.05, 0.1) is 12.5 Å². The van der Waals surface area contributed by atoms with Crippen LogP contribution in [0, 0.1) is 17.3 Å². The molecule has 7 nitrogen and oxygen atoms in total. The lowest BCUT2D eigenvalue weighted by Gasteiger charge is -2.27. The van der Waals surface area contributed by atoms with E-state index < -0.39 is 17.3 Å². The molecule has 29 heavy (non-hydrogen) atoms. The van der Waals surface area contributed by atoms with E-state index in [2.05, 4.69) is 10.2 Å². The highest BCUT2D eigenvalue weighted by Crippen LogP contribution is 2.52. The fourth-order valence-electron chi connectivity index (χ4n) is 4.76. The van der Waals surface area contributed by atoms with Crippen LogP contribution in [0.2, 0.25) is 0 Å². The first kappa shape index (κ1) is 19.8. The minimum atomic E-state index is -4.60. The zero-order valence-electron chi connectivity index (χ0n) is 15.8. The van der Waals surface area contributed by atoms with E-state index in [1.165, 1.54) is 31.4 Å². The van der Waals surface area contributed by atoms with Gasteiger partial charge in [-0.2, -0.15) is 13.2 Å². The van der Waals surface area contributed by atoms with Crippen LogP contribution in [0.3, 0.4) is 0 Å². The normalized spacial score (nSPS) is 29.6. The lowest BCUT2D eigenvalue weighted by Crippen LogP contribution is -2.39. The summed E-state index contributed by atoms with van der Waals surface area (Å²) in [6.07, 6.45) is -3.46. The molecule has 1 aromatic rings. The summed E-state index contributed by atoms with van der Waals surface area (Å²) in [5, 5.41) is 6.33. The minimum Gasteiger partial charge on any atom is -0.469 e. The van der Waals surface area contributed by atoms with Gasteiger partial charge in [-0.25, -0.2) is 0 Å². The molecule has 2 N–H and O–H groups in total. The number of rotatable bonds is 4. The number of halogens is 3. The molecule has 0 aromatic heterocycles. The second-order valence-corrected chi connectivity index (χ2v) is 8.06. The first-order chi connectivity index (χ1) is 13.7. The largest absolute Gasteiger partial charge is 0.469 e. The molecule has 1 saturated carbocycles. The van der Waals surface area contributed by atoms with Crippen LogP contribution in [0.25, 0.3) is 0 Å². The Bertz CT molecular complexity index is 848. The van der Waals surface area contributed by atoms with E-state index in [1.807, 2.05) is 0 Å². The average Bonchev–Trinajstić information content (AvgIpc) is 3.33. The number of hydrogen-bond acceptors (Lipinski definition) is 6. The molecule has 0 spiro atoms. The zero-order valence-corrected chi connectivity index (χ0v) is 15.8. The highest BCUT2D eigenvalue weighted by Gasteiger charge is 2.65. The number of methoxy groups -OCH3 is 1. The van der Waals surface area contributed by atoms with Crippen molar-refractivity contribution in [2.45, 2.75) is 24.7 Å². The van der Waals surface area contributed by atoms with Crippen molar-refractivity contribution < 1.29 is 27.5 Å². The Morgan fingerprint density at radius 1 is 1.17 bits per heavy atom. The van der Waals surface area contributed by atoms with Gasteiger partial charge in [-0.15, -0.1) is 10.2 Å². The standard InChI is InChI=1S/C19H21F3N4O3/c1-29-16(28)17(10-23)6-12-8-26(9-13(12)7-17)15(27)11-2-4-14(5-3-11)18(24-25-18)19(20,21)22/h2-5,12-13H,6-10,23H2,1H3. The van der Waals surface area contributed by atoms with Crippen molar-refractivity contribution in [3.05, 3.63) is 35.4 Å². The fraction of sp³-hybridized carbons (Fsp3) is 0.579. The monoisotopic (exact) mass is 410 g/mol. The molecule has 0 radical (unpaired) electrons. The lowest BCUT2D eigenvalue weighted by atomic mass is 9.84. The predicted molar refractivity (Wildman–Crippen MR) is 94.7 cm³/mol. The number of nitrogens with zero attached hydrogens (tertiary/aromatic N) is 3. The van der Waals surface area contributed by atoms with Crippen molar-refractivity contribution in [2.75, 3.05) is 26.7 Å². The first-order valence-corrected chi connectivity index (χ1v) is 9.35. The van der Waals surface area contributed by atoms with E-state index >= 15 is 0 Å². The number of nitrogens with two attached hydrogens (primary N) is 1. The number of carbonyl (C=O) groups is 2. The summed E-state index contributed by atoms with van der Waals surface area (Å²) in [6, 6.07) is 5.24. The number of hydrogen-bond donors (Lipinski definition) is 1. The van der Waals surface area contributed by atoms with Gasteiger partial charge in [0, 0.05) is 30.8 Å². The summed E-state index contributed by atoms with van der Waals surface area (Å²) in [7, 11) is 1.35. The maximum Gasteiger partial charge on any atom is 0.442 e. The van der Waals surface area contributed by atoms with E-state index in [4.69, 9.17) is 10.5 Å². The molecule has 1 saturated heterocycles. The number of likely N-dealkylation sites (tertiary alicyclic amines) is 1. The number of carbonyl (C=O) groups excluding carboxylic acids is 2. The summed E-state index contributed by atoms with van der Waals surface area (Å²) >= 11 is 0. The highest BCUT2D eigenvalue weighted by molar-refractivity contribution is 5.94. The van der Waals surface area contributed by atoms with Gasteiger partial charge in [0.2, 0.25) is 0 Å². The third kappa shape index (κ3) is 3.00. The molecule has 0 bridgehead atoms. The molecule has 2 fully saturated rings. The molecular weight excluding hydrogens is 389 g/mol. The number of fused-ring (bicyclic) bond motifs is 1. The van der Waals surface area contributed by atoms with Gasteiger partial charge < -0.3 is 15.4 Å². The first-order valence-electron chi connectivity index (χ1n) is 9.35. The average molecular weight is 410 g/mol. The fourth-order valence-corrected chi connectivity index (χ4v) is 4.76. The number of esters is 1. The maximum atomic E-state index is 13.1. The molecule has 1 amide bonds. The third-order valence-corrected chi connectivity index (χ3v) is 6.41. The Balaban J connectivity index is 1.43. The van der Waals surface area contributed by atoms with Crippen molar-refractivity contribution in [2.24, 2.45) is 33.2 Å². The van der Waals surface area contributed by atoms with E-state index in [-0.39, 0.29) is 35.8 Å². The van der Waals surface area contributed by atoms with Crippen LogP contribution < -0.4 is 5.73 Å². The van der Waals surface area contributed by atoms with Crippen LogP contribution in [-0.4, -0.2) is 49.7 Å². The molecule has 156 valence electrons. The van der Waals surface area contributed by atoms with E-state index in [0.717, 1.165) is 0 Å². The van der Waals surface area contributed by atoms with Gasteiger partial charge >= 0.3 is 17.8 Å². The second-order valence-electron chi connectivity index (χ2n) is 8.06. The van der Waals surface area contributed by atoms with Gasteiger partial charge in [-0.3, -0.25) is 9.59 Å². The molecule has 1 aliphatic carbocycles. The van der Waals surface area contributed by atoms with Crippen LogP contribution >= 0.6 is 0 Å². The molecule has 10 heteroatoms. The van der Waals surface area contributed by atoms with Crippen molar-refractivity contribution in [3.8, 4) is 0 Å². The Morgan fingerprint density at radius 2 is 1.72 bits per heavy atom. The lowest BCUT2D eigenvalue weighted by molar-refractivity contribution is -0.166. The third-order valence-electron chi connectivity index (χ3n) is 6.41. The molecular formula is C19H21F3N4O3. The summed E-state index contributed by atoms with van der Waals surface area (Å²) in [6.45, 7) is 1.18. The van der Waals surface area contributed by atoms with Gasteiger partial charge in [-0.05, 0) is 36.8 Å². The van der Waals surface area contributed by atoms with E-state index in [0.29, 0.717) is 31.5 Å². The highest BCUT2D eigenvalue weighted by atomic mass is 19.4. The van der Waals surface area contributed by atoms with Crippen molar-refractivity contribution in [3.63, 3.8) is 0 Å². The number of benzene rings is 1. The molecule has 2 heterocycles. The van der Waals surface area contributed by atoms with Crippen LogP contribution in [0.4, 0.5) is 13.2 Å². The molecule has 2 aliphatic heterocycles. The van der Waals surface area contributed by atoms with Gasteiger partial charge in [0.25, 0.3) is 5.91 Å². The zero-order chi connectivity index (χ0) is 21.0. The predicted octanol–water partition coefficient (Wildman–Crippen LogP) is 2.47. The smallest absolute Gasteiger partial charge is 0.442 e. The number of amides is 1. The van der Waals surface area contributed by atoms with Crippen LogP contribution in [0.15, 0.2) is 34.5 Å². The van der Waals surface area contributed by atoms with Gasteiger partial charge in [-0.1, -0.05) is 12.1 Å². The topological polar surface area (TPSA) is 97.3 Å². The molecule has 3 aliphatic rings. The molecule has 2 unspecified atom stereocenters. The Kier molecular flexibility index (Phi) is 4.45. The van der Waals surface area contributed by atoms with Crippen molar-refractivity contribution in [1.29, 1.82) is 0 Å². The Labute approximate surface area is 165 Å². The minimum absolute atomic E-state index is 0.106. The summed E-state index contributed by atoms with van der Waals surface area (Å²) in [4.78, 5) is 26.6. The molecule has 4 rings (SSSR count). The Morgan fingerprint density at radius 3 is 2.14 bits per heavy atom. The van der Waals surface area contributed by atoms with Crippen molar-refractivity contribution >= 4 is 11.9 Å². The van der Waals surface area contributed by atoms with Crippen LogP contribution in [0.1, 0.15) is 28.8 Å². The van der Waals surface area contributed by atoms with Crippen LogP contribution in [0.5, 0.6) is 0 Å². The molecule has 2 atom stereocenters. The summed E-state index contributed by atoms with van der Waals surface area (Å²) in [5.74, 6) is -0.248. The van der Waals surface area contributed by atoms with E-state index in [9.17, 15) is 22.8 Å². The quantitative estimate of drug-likeness (QED) is 0.771. The number of alkyl halides is 3. The van der Waals surface area contributed by atoms with Crippen LogP contribution in [-0.2, 0) is 15.2 Å².